The van der Waals surface area contributed by atoms with Crippen LogP contribution in [0.3, 0.4) is 0 Å². The Hall–Kier alpha value is -2.37. The van der Waals surface area contributed by atoms with Crippen molar-refractivity contribution in [2.75, 3.05) is 13.2 Å². The lowest BCUT2D eigenvalue weighted by molar-refractivity contribution is -0.124. The second kappa shape index (κ2) is 7.03. The van der Waals surface area contributed by atoms with E-state index < -0.39 is 5.60 Å². The number of thiophene rings is 1. The first kappa shape index (κ1) is 16.5. The van der Waals surface area contributed by atoms with E-state index in [1.165, 1.54) is 11.3 Å². The third-order valence-corrected chi connectivity index (χ3v) is 4.55. The molecule has 1 atom stereocenters. The van der Waals surface area contributed by atoms with Crippen molar-refractivity contribution in [3.8, 4) is 5.75 Å². The largest absolute Gasteiger partial charge is 0.484 e. The van der Waals surface area contributed by atoms with Gasteiger partial charge in [0.25, 0.3) is 5.91 Å². The van der Waals surface area contributed by atoms with Crippen molar-refractivity contribution in [2.24, 2.45) is 0 Å². The first-order chi connectivity index (χ1) is 11.5. The molecule has 1 unspecified atom stereocenters. The van der Waals surface area contributed by atoms with Crippen LogP contribution in [0.1, 0.15) is 12.5 Å². The van der Waals surface area contributed by atoms with Crippen LogP contribution in [0.2, 0.25) is 0 Å². The number of carbonyl (C=O) groups is 1. The Balaban J connectivity index is 1.53. The van der Waals surface area contributed by atoms with E-state index in [1.807, 2.05) is 59.3 Å². The number of benzene rings is 2. The first-order valence-electron chi connectivity index (χ1n) is 7.68. The lowest BCUT2D eigenvalue weighted by atomic mass is 9.99. The van der Waals surface area contributed by atoms with Gasteiger partial charge in [0.15, 0.2) is 6.61 Å². The zero-order valence-electron chi connectivity index (χ0n) is 13.4. The van der Waals surface area contributed by atoms with E-state index in [1.54, 1.807) is 6.92 Å². The van der Waals surface area contributed by atoms with Gasteiger partial charge < -0.3 is 15.2 Å². The summed E-state index contributed by atoms with van der Waals surface area (Å²) in [6.07, 6.45) is 0. The van der Waals surface area contributed by atoms with Crippen LogP contribution >= 0.6 is 11.3 Å². The summed E-state index contributed by atoms with van der Waals surface area (Å²) < 4.78 is 5.54. The quantitative estimate of drug-likeness (QED) is 0.723. The number of hydrogen-bond acceptors (Lipinski definition) is 4. The molecule has 124 valence electrons. The highest BCUT2D eigenvalue weighted by Gasteiger charge is 2.24. The molecule has 2 N–H and O–H groups in total. The van der Waals surface area contributed by atoms with E-state index in [9.17, 15) is 9.90 Å². The van der Waals surface area contributed by atoms with Crippen LogP contribution < -0.4 is 10.1 Å². The van der Waals surface area contributed by atoms with Crippen molar-refractivity contribution in [1.82, 2.24) is 5.32 Å². The normalized spacial score (nSPS) is 13.4. The maximum absolute atomic E-state index is 12.0. The van der Waals surface area contributed by atoms with Crippen molar-refractivity contribution in [2.45, 2.75) is 12.5 Å². The Bertz CT molecular complexity index is 828. The predicted molar refractivity (Wildman–Crippen MR) is 96.3 cm³/mol. The molecule has 0 aliphatic rings. The number of aliphatic hydroxyl groups is 1. The molecule has 0 fully saturated rings. The Morgan fingerprint density at radius 2 is 2.00 bits per heavy atom. The summed E-state index contributed by atoms with van der Waals surface area (Å²) in [7, 11) is 0. The van der Waals surface area contributed by atoms with Gasteiger partial charge in [-0.3, -0.25) is 4.79 Å². The molecule has 0 aliphatic heterocycles. The topological polar surface area (TPSA) is 58.6 Å². The third-order valence-electron chi connectivity index (χ3n) is 3.86. The molecule has 3 rings (SSSR count). The maximum Gasteiger partial charge on any atom is 0.258 e. The van der Waals surface area contributed by atoms with E-state index >= 15 is 0 Å². The highest BCUT2D eigenvalue weighted by Crippen LogP contribution is 2.22. The van der Waals surface area contributed by atoms with Gasteiger partial charge in [0.1, 0.15) is 11.4 Å². The fourth-order valence-electron chi connectivity index (χ4n) is 2.40. The SMILES string of the molecule is CC(O)(CNC(=O)COc1ccc2ccccc2c1)c1ccsc1. The summed E-state index contributed by atoms with van der Waals surface area (Å²) in [6, 6.07) is 15.5. The standard InChI is InChI=1S/C19H19NO3S/c1-19(22,16-8-9-24-12-16)13-20-18(21)11-23-17-7-6-14-4-2-3-5-15(14)10-17/h2-10,12,22H,11,13H2,1H3,(H,20,21). The smallest absolute Gasteiger partial charge is 0.258 e. The number of nitrogens with one attached hydrogen (secondary N) is 1. The Morgan fingerprint density at radius 1 is 1.21 bits per heavy atom. The molecule has 1 heterocycles. The number of carbonyl (C=O) groups excluding carboxylic acids is 1. The van der Waals surface area contributed by atoms with Crippen molar-refractivity contribution >= 4 is 28.0 Å². The second-order valence-corrected chi connectivity index (χ2v) is 6.64. The zero-order valence-corrected chi connectivity index (χ0v) is 14.2. The molecule has 2 aromatic carbocycles. The number of hydrogen-bond donors (Lipinski definition) is 2. The Kier molecular flexibility index (Phi) is 4.83. The number of ether oxygens (including phenoxy) is 1. The lowest BCUT2D eigenvalue weighted by Crippen LogP contribution is -2.40. The molecule has 24 heavy (non-hydrogen) atoms. The summed E-state index contributed by atoms with van der Waals surface area (Å²) in [5, 5.41) is 19.0. The van der Waals surface area contributed by atoms with E-state index in [4.69, 9.17) is 4.74 Å². The molecule has 1 amide bonds. The molecule has 0 saturated heterocycles. The van der Waals surface area contributed by atoms with E-state index in [0.29, 0.717) is 5.75 Å². The van der Waals surface area contributed by atoms with Gasteiger partial charge in [0.05, 0.1) is 6.54 Å². The molecular formula is C19H19NO3S. The fourth-order valence-corrected chi connectivity index (χ4v) is 3.18. The highest BCUT2D eigenvalue weighted by atomic mass is 32.1. The summed E-state index contributed by atoms with van der Waals surface area (Å²) in [5.41, 5.74) is -0.290. The minimum Gasteiger partial charge on any atom is -0.484 e. The van der Waals surface area contributed by atoms with Crippen molar-refractivity contribution in [3.63, 3.8) is 0 Å². The number of fused-ring (bicyclic) bond motifs is 1. The van der Waals surface area contributed by atoms with Crippen LogP contribution in [-0.2, 0) is 10.4 Å². The van der Waals surface area contributed by atoms with Gasteiger partial charge in [0, 0.05) is 0 Å². The predicted octanol–water partition coefficient (Wildman–Crippen LogP) is 3.30. The summed E-state index contributed by atoms with van der Waals surface area (Å²) in [4.78, 5) is 12.0. The maximum atomic E-state index is 12.0. The van der Waals surface area contributed by atoms with Crippen LogP contribution in [-0.4, -0.2) is 24.2 Å². The lowest BCUT2D eigenvalue weighted by Gasteiger charge is -2.22. The van der Waals surface area contributed by atoms with E-state index in [-0.39, 0.29) is 19.1 Å². The van der Waals surface area contributed by atoms with E-state index in [2.05, 4.69) is 5.32 Å². The van der Waals surface area contributed by atoms with Gasteiger partial charge in [-0.25, -0.2) is 0 Å². The second-order valence-electron chi connectivity index (χ2n) is 5.86. The summed E-state index contributed by atoms with van der Waals surface area (Å²) in [6.45, 7) is 1.74. The van der Waals surface area contributed by atoms with Gasteiger partial charge in [-0.05, 0) is 52.2 Å². The molecule has 5 heteroatoms. The molecule has 0 bridgehead atoms. The third kappa shape index (κ3) is 3.93. The molecule has 0 aliphatic carbocycles. The Morgan fingerprint density at radius 3 is 2.75 bits per heavy atom. The average Bonchev–Trinajstić information content (AvgIpc) is 3.13. The Labute approximate surface area is 144 Å². The van der Waals surface area contributed by atoms with Gasteiger partial charge in [-0.15, -0.1) is 0 Å². The molecule has 0 radical (unpaired) electrons. The monoisotopic (exact) mass is 341 g/mol. The van der Waals surface area contributed by atoms with Gasteiger partial charge in [-0.2, -0.15) is 11.3 Å². The van der Waals surface area contributed by atoms with Crippen molar-refractivity contribution < 1.29 is 14.6 Å². The van der Waals surface area contributed by atoms with Crippen molar-refractivity contribution in [3.05, 3.63) is 64.9 Å². The molecule has 0 spiro atoms. The number of rotatable bonds is 6. The van der Waals surface area contributed by atoms with Gasteiger partial charge >= 0.3 is 0 Å². The van der Waals surface area contributed by atoms with Crippen LogP contribution in [0.4, 0.5) is 0 Å². The highest BCUT2D eigenvalue weighted by molar-refractivity contribution is 7.08. The zero-order chi connectivity index (χ0) is 17.0. The summed E-state index contributed by atoms with van der Waals surface area (Å²) in [5.74, 6) is 0.382. The van der Waals surface area contributed by atoms with Crippen LogP contribution in [0.25, 0.3) is 10.8 Å². The summed E-state index contributed by atoms with van der Waals surface area (Å²) >= 11 is 1.51. The first-order valence-corrected chi connectivity index (χ1v) is 8.62. The minimum absolute atomic E-state index is 0.0853. The molecule has 0 saturated carbocycles. The van der Waals surface area contributed by atoms with Crippen LogP contribution in [0, 0.1) is 0 Å². The van der Waals surface area contributed by atoms with Gasteiger partial charge in [-0.1, -0.05) is 30.3 Å². The molecule has 3 aromatic rings. The number of amides is 1. The average molecular weight is 341 g/mol. The van der Waals surface area contributed by atoms with Crippen molar-refractivity contribution in [1.29, 1.82) is 0 Å². The molecule has 1 aromatic heterocycles. The van der Waals surface area contributed by atoms with Crippen LogP contribution in [0.5, 0.6) is 5.75 Å². The molecular weight excluding hydrogens is 322 g/mol. The fraction of sp³-hybridized carbons (Fsp3) is 0.211. The minimum atomic E-state index is -1.08. The molecule has 4 nitrogen and oxygen atoms in total. The van der Waals surface area contributed by atoms with Crippen LogP contribution in [0.15, 0.2) is 59.3 Å². The van der Waals surface area contributed by atoms with Gasteiger partial charge in [0.2, 0.25) is 0 Å². The van der Waals surface area contributed by atoms with E-state index in [0.717, 1.165) is 16.3 Å².